The molecule has 0 aliphatic heterocycles. The van der Waals surface area contributed by atoms with Gasteiger partial charge in [-0.25, -0.2) is 0 Å². The van der Waals surface area contributed by atoms with Gasteiger partial charge in [-0.05, 0) is 45.4 Å². The molecular weight excluding hydrogens is 264 g/mol. The molecule has 0 N–H and O–H groups in total. The Bertz CT molecular complexity index is 737. The lowest BCUT2D eigenvalue weighted by Crippen LogP contribution is -2.36. The summed E-state index contributed by atoms with van der Waals surface area (Å²) in [6.07, 6.45) is 1.22. The number of fused-ring (bicyclic) bond motifs is 4. The highest BCUT2D eigenvalue weighted by Gasteiger charge is 2.60. The van der Waals surface area contributed by atoms with Crippen molar-refractivity contribution in [1.82, 2.24) is 0 Å². The zero-order valence-corrected chi connectivity index (χ0v) is 14.4. The lowest BCUT2D eigenvalue weighted by atomic mass is 9.65. The van der Waals surface area contributed by atoms with E-state index in [2.05, 4.69) is 83.1 Å². The van der Waals surface area contributed by atoms with Crippen molar-refractivity contribution in [3.63, 3.8) is 0 Å². The summed E-state index contributed by atoms with van der Waals surface area (Å²) in [5.41, 5.74) is 6.91. The van der Waals surface area contributed by atoms with Gasteiger partial charge in [0.25, 0.3) is 0 Å². The Kier molecular flexibility index (Phi) is 2.58. The Morgan fingerprint density at radius 3 is 1.77 bits per heavy atom. The van der Waals surface area contributed by atoms with Crippen LogP contribution >= 0.6 is 0 Å². The molecule has 1 spiro atoms. The van der Waals surface area contributed by atoms with E-state index in [1.165, 1.54) is 6.42 Å². The van der Waals surface area contributed by atoms with Crippen molar-refractivity contribution in [2.75, 3.05) is 0 Å². The highest BCUT2D eigenvalue weighted by Crippen LogP contribution is 2.65. The van der Waals surface area contributed by atoms with Crippen molar-refractivity contribution in [2.45, 2.75) is 57.3 Å². The second-order valence-electron chi connectivity index (χ2n) is 8.57. The Morgan fingerprint density at radius 2 is 1.18 bits per heavy atom. The molecule has 2 unspecified atom stereocenters. The van der Waals surface area contributed by atoms with Gasteiger partial charge in [0.05, 0.1) is 0 Å². The summed E-state index contributed by atoms with van der Waals surface area (Å²) in [6.45, 7) is 12.2. The third-order valence-electron chi connectivity index (χ3n) is 6.78. The van der Waals surface area contributed by atoms with E-state index in [1.807, 2.05) is 0 Å². The average Bonchev–Trinajstić information content (AvgIpc) is 2.84. The van der Waals surface area contributed by atoms with Crippen LogP contribution in [0.2, 0.25) is 0 Å². The topological polar surface area (TPSA) is 0 Å². The summed E-state index contributed by atoms with van der Waals surface area (Å²) in [4.78, 5) is 0. The molecule has 2 aliphatic rings. The van der Waals surface area contributed by atoms with Crippen molar-refractivity contribution >= 4 is 0 Å². The van der Waals surface area contributed by atoms with Crippen LogP contribution in [-0.4, -0.2) is 0 Å². The van der Waals surface area contributed by atoms with E-state index >= 15 is 0 Å². The van der Waals surface area contributed by atoms with Crippen LogP contribution in [-0.2, 0) is 16.2 Å². The number of hydrogen-bond donors (Lipinski definition) is 0. The molecule has 2 aromatic rings. The molecule has 2 aromatic carbocycles. The fraction of sp³-hybridized carbons (Fsp3) is 0.455. The molecular formula is C22H26. The Hall–Kier alpha value is -1.56. The molecule has 0 nitrogen and oxygen atoms in total. The van der Waals surface area contributed by atoms with Crippen molar-refractivity contribution in [3.05, 3.63) is 70.8 Å². The van der Waals surface area contributed by atoms with E-state index < -0.39 is 0 Å². The van der Waals surface area contributed by atoms with Crippen LogP contribution in [0.15, 0.2) is 48.5 Å². The Labute approximate surface area is 134 Å². The maximum atomic E-state index is 2.47. The molecule has 2 aliphatic carbocycles. The average molecular weight is 290 g/mol. The van der Waals surface area contributed by atoms with Crippen LogP contribution < -0.4 is 0 Å². The van der Waals surface area contributed by atoms with Gasteiger partial charge >= 0.3 is 0 Å². The largest absolute Gasteiger partial charge is 0.0620 e. The first-order valence-corrected chi connectivity index (χ1v) is 8.52. The number of benzene rings is 2. The first kappa shape index (κ1) is 14.1. The third-order valence-corrected chi connectivity index (χ3v) is 6.78. The maximum absolute atomic E-state index is 2.47. The molecule has 0 heterocycles. The quantitative estimate of drug-likeness (QED) is 0.594. The molecule has 0 saturated carbocycles. The minimum absolute atomic E-state index is 0.181. The number of rotatable bonds is 0. The molecule has 0 fully saturated rings. The number of hydrogen-bond acceptors (Lipinski definition) is 0. The second kappa shape index (κ2) is 4.04. The molecule has 0 bridgehead atoms. The maximum Gasteiger partial charge on any atom is 0.0250 e. The summed E-state index contributed by atoms with van der Waals surface area (Å²) < 4.78 is 0. The smallest absolute Gasteiger partial charge is 0.0250 e. The van der Waals surface area contributed by atoms with Crippen molar-refractivity contribution in [3.8, 4) is 0 Å². The Morgan fingerprint density at radius 1 is 0.727 bits per heavy atom. The van der Waals surface area contributed by atoms with E-state index in [0.29, 0.717) is 5.92 Å². The van der Waals surface area contributed by atoms with E-state index in [4.69, 9.17) is 0 Å². The molecule has 0 saturated heterocycles. The highest BCUT2D eigenvalue weighted by atomic mass is 14.6. The first-order chi connectivity index (χ1) is 10.3. The lowest BCUT2D eigenvalue weighted by molar-refractivity contribution is 0.242. The second-order valence-corrected chi connectivity index (χ2v) is 8.57. The van der Waals surface area contributed by atoms with E-state index in [0.717, 1.165) is 0 Å². The fourth-order valence-electron chi connectivity index (χ4n) is 5.49. The minimum atomic E-state index is 0.181. The molecule has 0 radical (unpaired) electrons. The monoisotopic (exact) mass is 290 g/mol. The predicted molar refractivity (Wildman–Crippen MR) is 93.5 cm³/mol. The molecule has 0 heteroatoms. The van der Waals surface area contributed by atoms with Gasteiger partial charge in [-0.3, -0.25) is 0 Å². The molecule has 0 amide bonds. The van der Waals surface area contributed by atoms with Gasteiger partial charge in [0.15, 0.2) is 0 Å². The van der Waals surface area contributed by atoms with Crippen molar-refractivity contribution < 1.29 is 0 Å². The highest BCUT2D eigenvalue weighted by molar-refractivity contribution is 5.60. The van der Waals surface area contributed by atoms with Gasteiger partial charge in [-0.2, -0.15) is 0 Å². The van der Waals surface area contributed by atoms with Gasteiger partial charge in [0, 0.05) is 5.41 Å². The van der Waals surface area contributed by atoms with Gasteiger partial charge in [-0.1, -0.05) is 83.1 Å². The standard InChI is InChI=1S/C22H26/c1-15-21(4,5)17-11-7-9-13-19(17)22(15)14-20(2,3)16-10-6-8-12-18(16)22/h6-13,15H,14H2,1-5H3. The van der Waals surface area contributed by atoms with E-state index in [-0.39, 0.29) is 16.2 Å². The summed E-state index contributed by atoms with van der Waals surface area (Å²) in [6, 6.07) is 18.3. The first-order valence-electron chi connectivity index (χ1n) is 8.52. The van der Waals surface area contributed by atoms with Crippen LogP contribution in [0.4, 0.5) is 0 Å². The fourth-order valence-corrected chi connectivity index (χ4v) is 5.49. The van der Waals surface area contributed by atoms with Crippen LogP contribution in [0.25, 0.3) is 0 Å². The summed E-state index contributed by atoms with van der Waals surface area (Å²) in [7, 11) is 0. The van der Waals surface area contributed by atoms with E-state index in [1.54, 1.807) is 22.3 Å². The van der Waals surface area contributed by atoms with Crippen molar-refractivity contribution in [1.29, 1.82) is 0 Å². The van der Waals surface area contributed by atoms with Crippen LogP contribution in [0.1, 0.15) is 63.3 Å². The van der Waals surface area contributed by atoms with Gasteiger partial charge in [-0.15, -0.1) is 0 Å². The lowest BCUT2D eigenvalue weighted by Gasteiger charge is -2.38. The summed E-state index contributed by atoms with van der Waals surface area (Å²) in [5, 5.41) is 0. The van der Waals surface area contributed by atoms with Crippen LogP contribution in [0, 0.1) is 5.92 Å². The predicted octanol–water partition coefficient (Wildman–Crippen LogP) is 5.58. The molecule has 4 rings (SSSR count). The van der Waals surface area contributed by atoms with Gasteiger partial charge in [0.1, 0.15) is 0 Å². The van der Waals surface area contributed by atoms with Gasteiger partial charge < -0.3 is 0 Å². The van der Waals surface area contributed by atoms with E-state index in [9.17, 15) is 0 Å². The van der Waals surface area contributed by atoms with Crippen molar-refractivity contribution in [2.24, 2.45) is 5.92 Å². The van der Waals surface area contributed by atoms with Crippen LogP contribution in [0.3, 0.4) is 0 Å². The molecule has 0 aromatic heterocycles. The van der Waals surface area contributed by atoms with Gasteiger partial charge in [0.2, 0.25) is 0 Å². The summed E-state index contributed by atoms with van der Waals surface area (Å²) >= 11 is 0. The Balaban J connectivity index is 2.09. The summed E-state index contributed by atoms with van der Waals surface area (Å²) in [5.74, 6) is 0.611. The molecule has 114 valence electrons. The van der Waals surface area contributed by atoms with Crippen LogP contribution in [0.5, 0.6) is 0 Å². The zero-order valence-electron chi connectivity index (χ0n) is 14.4. The SMILES string of the molecule is CC1C(C)(C)c2ccccc2C12CC(C)(C)c1ccccc12. The zero-order chi connectivity index (χ0) is 15.8. The third kappa shape index (κ3) is 1.44. The molecule has 22 heavy (non-hydrogen) atoms. The minimum Gasteiger partial charge on any atom is -0.0620 e. The normalized spacial score (nSPS) is 30.3. The molecule has 2 atom stereocenters.